The van der Waals surface area contributed by atoms with Crippen molar-refractivity contribution in [2.75, 3.05) is 20.8 Å². The van der Waals surface area contributed by atoms with Crippen molar-refractivity contribution in [1.82, 2.24) is 5.32 Å². The summed E-state index contributed by atoms with van der Waals surface area (Å²) in [7, 11) is 3.29. The molecule has 0 saturated carbocycles. The summed E-state index contributed by atoms with van der Waals surface area (Å²) in [5, 5.41) is 4.20. The summed E-state index contributed by atoms with van der Waals surface area (Å²) < 4.78 is 10.5. The first-order valence-corrected chi connectivity index (χ1v) is 7.27. The minimum absolute atomic E-state index is 0. The van der Waals surface area contributed by atoms with E-state index in [0.717, 1.165) is 41.6 Å². The fraction of sp³-hybridized carbons (Fsp3) is 0.294. The summed E-state index contributed by atoms with van der Waals surface area (Å²) in [5.41, 5.74) is 2.32. The number of benzene rings is 2. The Bertz CT molecular complexity index is 591. The van der Waals surface area contributed by atoms with Gasteiger partial charge in [-0.3, -0.25) is 0 Å². The molecular weight excluding hydrogens is 321 g/mol. The Balaban J connectivity index is 0.00000242. The molecular formula is C17H21Cl2NO2. The zero-order valence-corrected chi connectivity index (χ0v) is 14.3. The predicted octanol–water partition coefficient (Wildman–Crippen LogP) is 4.11. The van der Waals surface area contributed by atoms with Crippen LogP contribution < -0.4 is 14.8 Å². The molecule has 0 bridgehead atoms. The molecule has 120 valence electrons. The van der Waals surface area contributed by atoms with Crippen LogP contribution >= 0.6 is 24.0 Å². The van der Waals surface area contributed by atoms with Gasteiger partial charge in [0.15, 0.2) is 11.5 Å². The number of hydrogen-bond donors (Lipinski definition) is 1. The largest absolute Gasteiger partial charge is 0.493 e. The number of ether oxygens (including phenoxy) is 2. The van der Waals surface area contributed by atoms with Crippen molar-refractivity contribution in [3.63, 3.8) is 0 Å². The molecule has 0 aliphatic heterocycles. The Kier molecular flexibility index (Phi) is 8.10. The first-order valence-electron chi connectivity index (χ1n) is 6.89. The number of halogens is 2. The smallest absolute Gasteiger partial charge is 0.160 e. The first-order chi connectivity index (χ1) is 10.2. The monoisotopic (exact) mass is 341 g/mol. The zero-order chi connectivity index (χ0) is 15.1. The van der Waals surface area contributed by atoms with E-state index in [1.807, 2.05) is 36.4 Å². The Hall–Kier alpha value is -1.42. The van der Waals surface area contributed by atoms with Crippen LogP contribution in [0.2, 0.25) is 5.02 Å². The van der Waals surface area contributed by atoms with Crippen LogP contribution in [-0.2, 0) is 13.0 Å². The highest BCUT2D eigenvalue weighted by Gasteiger charge is 2.04. The molecule has 2 rings (SSSR count). The fourth-order valence-corrected chi connectivity index (χ4v) is 2.34. The highest BCUT2D eigenvalue weighted by Crippen LogP contribution is 2.27. The van der Waals surface area contributed by atoms with Gasteiger partial charge in [0.1, 0.15) is 0 Å². The van der Waals surface area contributed by atoms with E-state index < -0.39 is 0 Å². The van der Waals surface area contributed by atoms with E-state index >= 15 is 0 Å². The lowest BCUT2D eigenvalue weighted by atomic mass is 10.1. The fourth-order valence-electron chi connectivity index (χ4n) is 2.13. The van der Waals surface area contributed by atoms with Crippen LogP contribution in [0, 0.1) is 0 Å². The molecule has 0 aromatic heterocycles. The normalized spacial score (nSPS) is 9.95. The minimum Gasteiger partial charge on any atom is -0.493 e. The molecule has 0 radical (unpaired) electrons. The molecule has 0 saturated heterocycles. The highest BCUT2D eigenvalue weighted by molar-refractivity contribution is 6.31. The van der Waals surface area contributed by atoms with Crippen LogP contribution in [0.1, 0.15) is 11.1 Å². The molecule has 3 nitrogen and oxygen atoms in total. The maximum Gasteiger partial charge on any atom is 0.160 e. The molecule has 0 heterocycles. The third-order valence-electron chi connectivity index (χ3n) is 3.31. The van der Waals surface area contributed by atoms with E-state index in [9.17, 15) is 0 Å². The van der Waals surface area contributed by atoms with E-state index in [1.165, 1.54) is 5.56 Å². The predicted molar refractivity (Wildman–Crippen MR) is 93.7 cm³/mol. The van der Waals surface area contributed by atoms with E-state index in [1.54, 1.807) is 14.2 Å². The van der Waals surface area contributed by atoms with Crippen molar-refractivity contribution in [2.24, 2.45) is 0 Å². The number of methoxy groups -OCH3 is 2. The van der Waals surface area contributed by atoms with Gasteiger partial charge >= 0.3 is 0 Å². The van der Waals surface area contributed by atoms with Gasteiger partial charge in [0, 0.05) is 11.6 Å². The molecule has 1 N–H and O–H groups in total. The average molecular weight is 342 g/mol. The zero-order valence-electron chi connectivity index (χ0n) is 12.8. The summed E-state index contributed by atoms with van der Waals surface area (Å²) in [6, 6.07) is 13.9. The second-order valence-corrected chi connectivity index (χ2v) is 5.11. The van der Waals surface area contributed by atoms with Gasteiger partial charge in [-0.1, -0.05) is 35.9 Å². The highest BCUT2D eigenvalue weighted by atomic mass is 35.5. The molecule has 2 aromatic carbocycles. The van der Waals surface area contributed by atoms with E-state index in [2.05, 4.69) is 11.4 Å². The SMILES string of the molecule is COc1ccc(CCNCc2ccccc2Cl)cc1OC.Cl. The number of nitrogens with one attached hydrogen (secondary N) is 1. The average Bonchev–Trinajstić information content (AvgIpc) is 2.52. The van der Waals surface area contributed by atoms with Crippen molar-refractivity contribution in [3.05, 3.63) is 58.6 Å². The van der Waals surface area contributed by atoms with Crippen molar-refractivity contribution in [2.45, 2.75) is 13.0 Å². The topological polar surface area (TPSA) is 30.5 Å². The van der Waals surface area contributed by atoms with Crippen LogP contribution in [0.25, 0.3) is 0 Å². The van der Waals surface area contributed by atoms with Crippen LogP contribution in [0.4, 0.5) is 0 Å². The Labute approximate surface area is 143 Å². The first kappa shape index (κ1) is 18.6. The molecule has 0 spiro atoms. The molecule has 5 heteroatoms. The van der Waals surface area contributed by atoms with Crippen molar-refractivity contribution < 1.29 is 9.47 Å². The van der Waals surface area contributed by atoms with Crippen LogP contribution in [0.3, 0.4) is 0 Å². The van der Waals surface area contributed by atoms with Crippen molar-refractivity contribution in [1.29, 1.82) is 0 Å². The quantitative estimate of drug-likeness (QED) is 0.768. The van der Waals surface area contributed by atoms with Gasteiger partial charge < -0.3 is 14.8 Å². The van der Waals surface area contributed by atoms with Crippen LogP contribution in [0.15, 0.2) is 42.5 Å². The number of hydrogen-bond acceptors (Lipinski definition) is 3. The second-order valence-electron chi connectivity index (χ2n) is 4.71. The van der Waals surface area contributed by atoms with Crippen LogP contribution in [-0.4, -0.2) is 20.8 Å². The Morgan fingerprint density at radius 2 is 1.73 bits per heavy atom. The standard InChI is InChI=1S/C17H20ClNO2.ClH/c1-20-16-8-7-13(11-17(16)21-2)9-10-19-12-14-5-3-4-6-15(14)18;/h3-8,11,19H,9-10,12H2,1-2H3;1H. The molecule has 0 unspecified atom stereocenters. The third kappa shape index (κ3) is 5.09. The van der Waals surface area contributed by atoms with Gasteiger partial charge in [0.2, 0.25) is 0 Å². The summed E-state index contributed by atoms with van der Waals surface area (Å²) >= 11 is 6.12. The molecule has 0 amide bonds. The van der Waals surface area contributed by atoms with Gasteiger partial charge in [-0.25, -0.2) is 0 Å². The lowest BCUT2D eigenvalue weighted by molar-refractivity contribution is 0.354. The summed E-state index contributed by atoms with van der Waals surface area (Å²) in [4.78, 5) is 0. The Morgan fingerprint density at radius 1 is 1.00 bits per heavy atom. The lowest BCUT2D eigenvalue weighted by Crippen LogP contribution is -2.16. The van der Waals surface area contributed by atoms with Gasteiger partial charge in [0.25, 0.3) is 0 Å². The number of rotatable bonds is 7. The van der Waals surface area contributed by atoms with Crippen LogP contribution in [0.5, 0.6) is 11.5 Å². The minimum atomic E-state index is 0. The van der Waals surface area contributed by atoms with E-state index in [0.29, 0.717) is 0 Å². The Morgan fingerprint density at radius 3 is 2.41 bits per heavy atom. The molecule has 2 aromatic rings. The molecule has 22 heavy (non-hydrogen) atoms. The maximum atomic E-state index is 6.12. The van der Waals surface area contributed by atoms with Gasteiger partial charge in [0.05, 0.1) is 14.2 Å². The summed E-state index contributed by atoms with van der Waals surface area (Å²) in [6.45, 7) is 1.65. The van der Waals surface area contributed by atoms with Crippen molar-refractivity contribution in [3.8, 4) is 11.5 Å². The van der Waals surface area contributed by atoms with E-state index in [4.69, 9.17) is 21.1 Å². The van der Waals surface area contributed by atoms with Gasteiger partial charge in [-0.05, 0) is 42.3 Å². The van der Waals surface area contributed by atoms with Gasteiger partial charge in [-0.2, -0.15) is 0 Å². The molecule has 0 aliphatic carbocycles. The van der Waals surface area contributed by atoms with E-state index in [-0.39, 0.29) is 12.4 Å². The summed E-state index contributed by atoms with van der Waals surface area (Å²) in [5.74, 6) is 1.52. The lowest BCUT2D eigenvalue weighted by Gasteiger charge is -2.10. The molecule has 0 fully saturated rings. The van der Waals surface area contributed by atoms with Crippen molar-refractivity contribution >= 4 is 24.0 Å². The maximum absolute atomic E-state index is 6.12. The third-order valence-corrected chi connectivity index (χ3v) is 3.68. The van der Waals surface area contributed by atoms with Gasteiger partial charge in [-0.15, -0.1) is 12.4 Å². The second kappa shape index (κ2) is 9.57. The molecule has 0 aliphatic rings. The molecule has 0 atom stereocenters. The summed E-state index contributed by atoms with van der Waals surface area (Å²) in [6.07, 6.45) is 0.921.